The van der Waals surface area contributed by atoms with Gasteiger partial charge in [-0.05, 0) is 44.0 Å². The zero-order valence-corrected chi connectivity index (χ0v) is 11.9. The second-order valence-electron chi connectivity index (χ2n) is 4.75. The lowest BCUT2D eigenvalue weighted by atomic mass is 10.3. The van der Waals surface area contributed by atoms with Crippen molar-refractivity contribution in [1.82, 2.24) is 5.32 Å². The minimum absolute atomic E-state index is 0.0856. The van der Waals surface area contributed by atoms with Crippen molar-refractivity contribution in [3.05, 3.63) is 24.3 Å². The van der Waals surface area contributed by atoms with Crippen LogP contribution in [0.2, 0.25) is 0 Å². The second-order valence-corrected chi connectivity index (χ2v) is 6.16. The van der Waals surface area contributed by atoms with Crippen molar-refractivity contribution in [2.24, 2.45) is 0 Å². The maximum absolute atomic E-state index is 11.8. The number of hydrogen-bond acceptors (Lipinski definition) is 3. The van der Waals surface area contributed by atoms with Crippen LogP contribution in [0, 0.1) is 0 Å². The predicted octanol–water partition coefficient (Wildman–Crippen LogP) is 2.40. The molecule has 2 N–H and O–H groups in total. The van der Waals surface area contributed by atoms with Crippen LogP contribution in [0.3, 0.4) is 0 Å². The van der Waals surface area contributed by atoms with E-state index >= 15 is 0 Å². The number of amides is 2. The molecule has 1 saturated carbocycles. The fourth-order valence-corrected chi connectivity index (χ4v) is 2.50. The molecule has 2 amide bonds. The molecule has 2 rings (SSSR count). The summed E-state index contributed by atoms with van der Waals surface area (Å²) in [5.41, 5.74) is 0.770. The Kier molecular flexibility index (Phi) is 4.47. The number of thioether (sulfide) groups is 1. The molecule has 0 aliphatic heterocycles. The molecule has 0 unspecified atom stereocenters. The average molecular weight is 278 g/mol. The molecular formula is C14H18N2O2S. The van der Waals surface area contributed by atoms with E-state index in [0.29, 0.717) is 6.04 Å². The van der Waals surface area contributed by atoms with Crippen molar-refractivity contribution in [2.75, 3.05) is 5.32 Å². The van der Waals surface area contributed by atoms with Gasteiger partial charge in [-0.1, -0.05) is 0 Å². The van der Waals surface area contributed by atoms with E-state index in [9.17, 15) is 9.59 Å². The molecule has 1 aliphatic carbocycles. The standard InChI is InChI=1S/C14H18N2O2S/c1-9(14(18)16-12-3-4-12)19-13-7-5-11(6-8-13)15-10(2)17/h5-9,12H,3-4H2,1-2H3,(H,15,17)(H,16,18)/t9-/m1/s1. The lowest BCUT2D eigenvalue weighted by molar-refractivity contribution is -0.120. The van der Waals surface area contributed by atoms with Gasteiger partial charge in [0.15, 0.2) is 0 Å². The quantitative estimate of drug-likeness (QED) is 0.813. The fraction of sp³-hybridized carbons (Fsp3) is 0.429. The third kappa shape index (κ3) is 4.59. The van der Waals surface area contributed by atoms with Crippen LogP contribution in [-0.2, 0) is 9.59 Å². The van der Waals surface area contributed by atoms with Crippen molar-refractivity contribution < 1.29 is 9.59 Å². The first-order valence-electron chi connectivity index (χ1n) is 6.39. The molecule has 1 aliphatic rings. The van der Waals surface area contributed by atoms with E-state index in [0.717, 1.165) is 23.4 Å². The zero-order chi connectivity index (χ0) is 13.8. The topological polar surface area (TPSA) is 58.2 Å². The first kappa shape index (κ1) is 13.9. The van der Waals surface area contributed by atoms with Gasteiger partial charge < -0.3 is 10.6 Å². The monoisotopic (exact) mass is 278 g/mol. The minimum Gasteiger partial charge on any atom is -0.352 e. The van der Waals surface area contributed by atoms with Gasteiger partial charge in [0.2, 0.25) is 11.8 Å². The van der Waals surface area contributed by atoms with E-state index in [-0.39, 0.29) is 17.1 Å². The molecule has 5 heteroatoms. The van der Waals surface area contributed by atoms with Crippen LogP contribution in [0.15, 0.2) is 29.2 Å². The van der Waals surface area contributed by atoms with Gasteiger partial charge in [0, 0.05) is 23.5 Å². The van der Waals surface area contributed by atoms with Crippen molar-refractivity contribution in [3.8, 4) is 0 Å². The maximum atomic E-state index is 11.8. The lowest BCUT2D eigenvalue weighted by Gasteiger charge is -2.11. The summed E-state index contributed by atoms with van der Waals surface area (Å²) in [6.07, 6.45) is 2.21. The third-order valence-corrected chi connectivity index (χ3v) is 3.89. The summed E-state index contributed by atoms with van der Waals surface area (Å²) < 4.78 is 0. The van der Waals surface area contributed by atoms with E-state index in [2.05, 4.69) is 10.6 Å². The Labute approximate surface area is 117 Å². The molecule has 0 radical (unpaired) electrons. The first-order valence-corrected chi connectivity index (χ1v) is 7.27. The van der Waals surface area contributed by atoms with E-state index in [1.165, 1.54) is 18.7 Å². The van der Waals surface area contributed by atoms with Gasteiger partial charge in [-0.2, -0.15) is 0 Å². The molecule has 0 saturated heterocycles. The Hall–Kier alpha value is -1.49. The number of carbonyl (C=O) groups is 2. The first-order chi connectivity index (χ1) is 9.04. The highest BCUT2D eigenvalue weighted by Crippen LogP contribution is 2.26. The van der Waals surface area contributed by atoms with Crippen molar-refractivity contribution >= 4 is 29.3 Å². The summed E-state index contributed by atoms with van der Waals surface area (Å²) in [5.74, 6) is 0.0102. The van der Waals surface area contributed by atoms with Crippen molar-refractivity contribution in [3.63, 3.8) is 0 Å². The molecule has 102 valence electrons. The molecule has 0 heterocycles. The number of anilines is 1. The summed E-state index contributed by atoms with van der Waals surface area (Å²) in [6.45, 7) is 3.39. The largest absolute Gasteiger partial charge is 0.352 e. The van der Waals surface area contributed by atoms with Crippen LogP contribution in [0.1, 0.15) is 26.7 Å². The maximum Gasteiger partial charge on any atom is 0.233 e. The van der Waals surface area contributed by atoms with Gasteiger partial charge >= 0.3 is 0 Å². The summed E-state index contributed by atoms with van der Waals surface area (Å²) in [7, 11) is 0. The normalized spacial score (nSPS) is 15.7. The van der Waals surface area contributed by atoms with Crippen molar-refractivity contribution in [1.29, 1.82) is 0 Å². The average Bonchev–Trinajstić information content (AvgIpc) is 3.14. The highest BCUT2D eigenvalue weighted by molar-refractivity contribution is 8.00. The molecule has 1 atom stereocenters. The number of hydrogen-bond donors (Lipinski definition) is 2. The van der Waals surface area contributed by atoms with E-state index in [1.54, 1.807) is 0 Å². The van der Waals surface area contributed by atoms with Crippen LogP contribution in [0.4, 0.5) is 5.69 Å². The molecule has 1 aromatic carbocycles. The van der Waals surface area contributed by atoms with Gasteiger partial charge in [0.1, 0.15) is 0 Å². The zero-order valence-electron chi connectivity index (χ0n) is 11.1. The SMILES string of the molecule is CC(=O)Nc1ccc(S[C@H](C)C(=O)NC2CC2)cc1. The molecule has 1 fully saturated rings. The van der Waals surface area contributed by atoms with Crippen LogP contribution < -0.4 is 10.6 Å². The van der Waals surface area contributed by atoms with Gasteiger partial charge in [0.05, 0.1) is 5.25 Å². The molecule has 0 bridgehead atoms. The predicted molar refractivity (Wildman–Crippen MR) is 77.2 cm³/mol. The van der Waals surface area contributed by atoms with Crippen molar-refractivity contribution in [2.45, 2.75) is 42.9 Å². The van der Waals surface area contributed by atoms with Crippen LogP contribution in [-0.4, -0.2) is 23.1 Å². The summed E-state index contributed by atoms with van der Waals surface area (Å²) in [4.78, 5) is 23.7. The number of rotatable bonds is 5. The van der Waals surface area contributed by atoms with E-state index in [1.807, 2.05) is 31.2 Å². The molecular weight excluding hydrogens is 260 g/mol. The highest BCUT2D eigenvalue weighted by Gasteiger charge is 2.25. The molecule has 0 aromatic heterocycles. The van der Waals surface area contributed by atoms with Crippen LogP contribution in [0.5, 0.6) is 0 Å². The summed E-state index contributed by atoms with van der Waals surface area (Å²) in [5, 5.41) is 5.61. The Morgan fingerprint density at radius 3 is 2.42 bits per heavy atom. The molecule has 4 nitrogen and oxygen atoms in total. The number of carbonyl (C=O) groups excluding carboxylic acids is 2. The Balaban J connectivity index is 1.87. The summed E-state index contributed by atoms with van der Waals surface area (Å²) in [6, 6.07) is 7.91. The molecule has 1 aromatic rings. The number of benzene rings is 1. The van der Waals surface area contributed by atoms with Gasteiger partial charge in [-0.3, -0.25) is 9.59 Å². The Morgan fingerprint density at radius 2 is 1.89 bits per heavy atom. The molecule has 19 heavy (non-hydrogen) atoms. The summed E-state index contributed by atoms with van der Waals surface area (Å²) >= 11 is 1.52. The molecule has 0 spiro atoms. The Bertz CT molecular complexity index is 469. The lowest BCUT2D eigenvalue weighted by Crippen LogP contribution is -2.32. The van der Waals surface area contributed by atoms with E-state index < -0.39 is 0 Å². The van der Waals surface area contributed by atoms with Gasteiger partial charge in [-0.25, -0.2) is 0 Å². The van der Waals surface area contributed by atoms with Gasteiger partial charge in [0.25, 0.3) is 0 Å². The smallest absolute Gasteiger partial charge is 0.233 e. The van der Waals surface area contributed by atoms with E-state index in [4.69, 9.17) is 0 Å². The fourth-order valence-electron chi connectivity index (χ4n) is 1.62. The Morgan fingerprint density at radius 1 is 1.26 bits per heavy atom. The van der Waals surface area contributed by atoms with Gasteiger partial charge in [-0.15, -0.1) is 11.8 Å². The van der Waals surface area contributed by atoms with Crippen LogP contribution in [0.25, 0.3) is 0 Å². The minimum atomic E-state index is -0.104. The number of nitrogens with one attached hydrogen (secondary N) is 2. The second kappa shape index (κ2) is 6.10. The highest BCUT2D eigenvalue weighted by atomic mass is 32.2. The third-order valence-electron chi connectivity index (χ3n) is 2.78. The van der Waals surface area contributed by atoms with Crippen LogP contribution >= 0.6 is 11.8 Å².